The third kappa shape index (κ3) is 4.56. The number of hydrogen-bond donors (Lipinski definition) is 0. The van der Waals surface area contributed by atoms with Gasteiger partial charge in [-0.25, -0.2) is 0 Å². The van der Waals surface area contributed by atoms with Crippen LogP contribution < -0.4 is 0 Å². The van der Waals surface area contributed by atoms with Crippen molar-refractivity contribution in [1.29, 1.82) is 0 Å². The molecule has 0 spiro atoms. The lowest BCUT2D eigenvalue weighted by molar-refractivity contribution is -0.134. The summed E-state index contributed by atoms with van der Waals surface area (Å²) in [5.41, 5.74) is 2.50. The number of amides is 2. The van der Waals surface area contributed by atoms with Crippen LogP contribution in [0.15, 0.2) is 60.0 Å². The minimum atomic E-state index is -0.303. The van der Waals surface area contributed by atoms with E-state index in [1.807, 2.05) is 43.0 Å². The van der Waals surface area contributed by atoms with E-state index < -0.39 is 0 Å². The SMILES string of the molecule is CC(C)N(CC(=O)N1CCc2sccc2[C@@H]1c1ccc(Cl)cc1Cl)C(=O)c1ccccc1. The Morgan fingerprint density at radius 3 is 2.53 bits per heavy atom. The van der Waals surface area contributed by atoms with Crippen LogP contribution in [0.25, 0.3) is 0 Å². The summed E-state index contributed by atoms with van der Waals surface area (Å²) in [7, 11) is 0. The molecule has 2 amide bonds. The predicted molar refractivity (Wildman–Crippen MR) is 131 cm³/mol. The van der Waals surface area contributed by atoms with Gasteiger partial charge in [0.15, 0.2) is 0 Å². The zero-order valence-corrected chi connectivity index (χ0v) is 20.3. The number of hydrogen-bond acceptors (Lipinski definition) is 3. The van der Waals surface area contributed by atoms with E-state index in [0.717, 1.165) is 17.5 Å². The van der Waals surface area contributed by atoms with Crippen molar-refractivity contribution in [2.45, 2.75) is 32.4 Å². The first-order valence-electron chi connectivity index (χ1n) is 10.5. The first kappa shape index (κ1) is 22.8. The highest BCUT2D eigenvalue weighted by Gasteiger charge is 2.35. The van der Waals surface area contributed by atoms with Crippen molar-refractivity contribution >= 4 is 46.4 Å². The molecule has 0 radical (unpaired) electrons. The fraction of sp³-hybridized carbons (Fsp3) is 0.280. The average molecular weight is 487 g/mol. The van der Waals surface area contributed by atoms with Crippen LogP contribution in [-0.2, 0) is 11.2 Å². The van der Waals surface area contributed by atoms with Gasteiger partial charge in [-0.2, -0.15) is 0 Å². The summed E-state index contributed by atoms with van der Waals surface area (Å²) in [6.07, 6.45) is 0.786. The minimum Gasteiger partial charge on any atom is -0.330 e. The molecule has 0 N–H and O–H groups in total. The lowest BCUT2D eigenvalue weighted by Gasteiger charge is -2.38. The summed E-state index contributed by atoms with van der Waals surface area (Å²) < 4.78 is 0. The molecule has 0 saturated carbocycles. The number of rotatable bonds is 5. The molecule has 1 atom stereocenters. The summed E-state index contributed by atoms with van der Waals surface area (Å²) in [5.74, 6) is -0.251. The Bertz CT molecular complexity index is 1130. The van der Waals surface area contributed by atoms with Crippen molar-refractivity contribution in [3.63, 3.8) is 0 Å². The Morgan fingerprint density at radius 2 is 1.84 bits per heavy atom. The number of thiophene rings is 1. The number of nitrogens with zero attached hydrogens (tertiary/aromatic N) is 2. The second-order valence-electron chi connectivity index (χ2n) is 8.10. The molecule has 3 aromatic rings. The summed E-state index contributed by atoms with van der Waals surface area (Å²) in [4.78, 5) is 31.5. The Morgan fingerprint density at radius 1 is 1.09 bits per heavy atom. The molecule has 0 bridgehead atoms. The highest BCUT2D eigenvalue weighted by Crippen LogP contribution is 2.41. The van der Waals surface area contributed by atoms with Gasteiger partial charge in [0.05, 0.1) is 6.04 Å². The molecule has 0 fully saturated rings. The van der Waals surface area contributed by atoms with Crippen LogP contribution >= 0.6 is 34.5 Å². The fourth-order valence-corrected chi connectivity index (χ4v) is 5.53. The maximum atomic E-state index is 13.6. The van der Waals surface area contributed by atoms with Crippen molar-refractivity contribution in [3.8, 4) is 0 Å². The number of halogens is 2. The van der Waals surface area contributed by atoms with Gasteiger partial charge in [-0.05, 0) is 67.1 Å². The topological polar surface area (TPSA) is 40.6 Å². The molecular weight excluding hydrogens is 463 g/mol. The number of carbonyl (C=O) groups excluding carboxylic acids is 2. The van der Waals surface area contributed by atoms with Gasteiger partial charge < -0.3 is 9.80 Å². The Balaban J connectivity index is 1.66. The minimum absolute atomic E-state index is 0.00652. The number of benzene rings is 2. The smallest absolute Gasteiger partial charge is 0.254 e. The maximum absolute atomic E-state index is 13.6. The molecule has 7 heteroatoms. The van der Waals surface area contributed by atoms with Crippen LogP contribution in [-0.4, -0.2) is 40.7 Å². The molecule has 166 valence electrons. The van der Waals surface area contributed by atoms with Crippen LogP contribution in [0.4, 0.5) is 0 Å². The predicted octanol–water partition coefficient (Wildman–Crippen LogP) is 6.08. The van der Waals surface area contributed by atoms with E-state index in [4.69, 9.17) is 23.2 Å². The molecule has 1 aliphatic rings. The van der Waals surface area contributed by atoms with Crippen LogP contribution in [0.5, 0.6) is 0 Å². The van der Waals surface area contributed by atoms with Gasteiger partial charge in [0.2, 0.25) is 5.91 Å². The highest BCUT2D eigenvalue weighted by molar-refractivity contribution is 7.10. The summed E-state index contributed by atoms with van der Waals surface area (Å²) in [5, 5.41) is 3.13. The van der Waals surface area contributed by atoms with Crippen LogP contribution in [0.3, 0.4) is 0 Å². The largest absolute Gasteiger partial charge is 0.330 e. The van der Waals surface area contributed by atoms with Crippen molar-refractivity contribution in [2.24, 2.45) is 0 Å². The molecule has 0 aliphatic carbocycles. The van der Waals surface area contributed by atoms with Crippen LogP contribution in [0.2, 0.25) is 10.0 Å². The Hall–Kier alpha value is -2.34. The average Bonchev–Trinajstić information content (AvgIpc) is 3.26. The first-order chi connectivity index (χ1) is 15.4. The van der Waals surface area contributed by atoms with Crippen molar-refractivity contribution in [1.82, 2.24) is 9.80 Å². The summed E-state index contributed by atoms with van der Waals surface area (Å²) in [6, 6.07) is 16.1. The van der Waals surface area contributed by atoms with Gasteiger partial charge in [0, 0.05) is 33.1 Å². The molecule has 0 unspecified atom stereocenters. The van der Waals surface area contributed by atoms with Crippen LogP contribution in [0, 0.1) is 0 Å². The second-order valence-corrected chi connectivity index (χ2v) is 9.94. The molecular formula is C25H24Cl2N2O2S. The van der Waals surface area contributed by atoms with E-state index in [1.165, 1.54) is 4.88 Å². The van der Waals surface area contributed by atoms with E-state index in [1.54, 1.807) is 40.5 Å². The highest BCUT2D eigenvalue weighted by atomic mass is 35.5. The lowest BCUT2D eigenvalue weighted by atomic mass is 9.93. The fourth-order valence-electron chi connectivity index (χ4n) is 4.12. The zero-order chi connectivity index (χ0) is 22.8. The number of carbonyl (C=O) groups is 2. The van der Waals surface area contributed by atoms with Gasteiger partial charge in [0.25, 0.3) is 5.91 Å². The lowest BCUT2D eigenvalue weighted by Crippen LogP contribution is -2.48. The standard InChI is InChI=1S/C25H24Cl2N2O2S/c1-16(2)29(25(31)17-6-4-3-5-7-17)15-23(30)28-12-10-22-20(11-13-32-22)24(28)19-9-8-18(26)14-21(19)27/h3-9,11,13-14,16,24H,10,12,15H2,1-2H3/t24-/m0/s1. The third-order valence-corrected chi connectivity index (χ3v) is 7.31. The third-order valence-electron chi connectivity index (χ3n) is 5.75. The van der Waals surface area contributed by atoms with Gasteiger partial charge in [-0.3, -0.25) is 9.59 Å². The first-order valence-corrected chi connectivity index (χ1v) is 12.2. The Kier molecular flexibility index (Phi) is 6.89. The quantitative estimate of drug-likeness (QED) is 0.438. The van der Waals surface area contributed by atoms with Gasteiger partial charge in [0.1, 0.15) is 6.54 Å². The second kappa shape index (κ2) is 9.65. The molecule has 32 heavy (non-hydrogen) atoms. The van der Waals surface area contributed by atoms with E-state index in [9.17, 15) is 9.59 Å². The molecule has 4 nitrogen and oxygen atoms in total. The van der Waals surface area contributed by atoms with E-state index in [2.05, 4.69) is 11.4 Å². The molecule has 1 aromatic heterocycles. The van der Waals surface area contributed by atoms with E-state index >= 15 is 0 Å². The summed E-state index contributed by atoms with van der Waals surface area (Å²) in [6.45, 7) is 4.43. The molecule has 2 aromatic carbocycles. The van der Waals surface area contributed by atoms with Crippen molar-refractivity contribution in [2.75, 3.05) is 13.1 Å². The summed E-state index contributed by atoms with van der Waals surface area (Å²) >= 11 is 14.4. The van der Waals surface area contributed by atoms with Gasteiger partial charge >= 0.3 is 0 Å². The monoisotopic (exact) mass is 486 g/mol. The maximum Gasteiger partial charge on any atom is 0.254 e. The number of fused-ring (bicyclic) bond motifs is 1. The van der Waals surface area contributed by atoms with Crippen molar-refractivity contribution < 1.29 is 9.59 Å². The van der Waals surface area contributed by atoms with E-state index in [0.29, 0.717) is 22.2 Å². The van der Waals surface area contributed by atoms with E-state index in [-0.39, 0.29) is 30.4 Å². The van der Waals surface area contributed by atoms with Gasteiger partial charge in [-0.1, -0.05) is 47.5 Å². The van der Waals surface area contributed by atoms with Crippen molar-refractivity contribution in [3.05, 3.63) is 91.6 Å². The molecule has 2 heterocycles. The molecule has 0 saturated heterocycles. The Labute approximate surface area is 202 Å². The zero-order valence-electron chi connectivity index (χ0n) is 17.9. The normalized spacial score (nSPS) is 15.5. The van der Waals surface area contributed by atoms with Crippen LogP contribution in [0.1, 0.15) is 46.3 Å². The van der Waals surface area contributed by atoms with Gasteiger partial charge in [-0.15, -0.1) is 11.3 Å². The molecule has 4 rings (SSSR count). The molecule has 1 aliphatic heterocycles.